The number of nitrogens with zero attached hydrogens (tertiary/aromatic N) is 1. The van der Waals surface area contributed by atoms with E-state index < -0.39 is 0 Å². The normalized spacial score (nSPS) is 22.2. The van der Waals surface area contributed by atoms with Gasteiger partial charge in [0, 0.05) is 6.04 Å². The summed E-state index contributed by atoms with van der Waals surface area (Å²) < 4.78 is 0. The molecule has 1 heterocycles. The number of aliphatic hydroxyl groups excluding tert-OH is 1. The van der Waals surface area contributed by atoms with Crippen LogP contribution < -0.4 is 0 Å². The summed E-state index contributed by atoms with van der Waals surface area (Å²) in [4.78, 5) is 2.39. The second-order valence-electron chi connectivity index (χ2n) is 5.54. The molecule has 0 aliphatic carbocycles. The van der Waals surface area contributed by atoms with Crippen LogP contribution in [-0.2, 0) is 6.42 Å². The highest BCUT2D eigenvalue weighted by Gasteiger charge is 2.23. The first kappa shape index (κ1) is 13.6. The summed E-state index contributed by atoms with van der Waals surface area (Å²) in [6.07, 6.45) is 6.47. The number of hydrogen-bond donors (Lipinski definition) is 1. The molecule has 0 unspecified atom stereocenters. The lowest BCUT2D eigenvalue weighted by Crippen LogP contribution is -2.29. The molecule has 2 atom stereocenters. The summed E-state index contributed by atoms with van der Waals surface area (Å²) in [5.41, 5.74) is 1.38. The average Bonchev–Trinajstić information content (AvgIpc) is 2.76. The van der Waals surface area contributed by atoms with Gasteiger partial charge in [0.25, 0.3) is 0 Å². The predicted molar refractivity (Wildman–Crippen MR) is 75.7 cm³/mol. The molecule has 0 amide bonds. The van der Waals surface area contributed by atoms with Crippen LogP contribution in [0.5, 0.6) is 0 Å². The number of aryl methyl sites for hydroxylation is 1. The molecule has 0 radical (unpaired) electrons. The van der Waals surface area contributed by atoms with Gasteiger partial charge in [0.15, 0.2) is 0 Å². The zero-order chi connectivity index (χ0) is 12.8. The maximum atomic E-state index is 10.1. The van der Waals surface area contributed by atoms with Crippen molar-refractivity contribution in [3.8, 4) is 0 Å². The minimum Gasteiger partial charge on any atom is -0.393 e. The van der Waals surface area contributed by atoms with Crippen molar-refractivity contribution in [2.75, 3.05) is 13.6 Å². The molecule has 1 aliphatic heterocycles. The fourth-order valence-electron chi connectivity index (χ4n) is 2.90. The summed E-state index contributed by atoms with van der Waals surface area (Å²) in [5.74, 6) is 0. The Hall–Kier alpha value is -0.860. The van der Waals surface area contributed by atoms with Crippen molar-refractivity contribution in [2.24, 2.45) is 0 Å². The molecule has 0 spiro atoms. The molecular formula is C16H25NO. The second-order valence-corrected chi connectivity index (χ2v) is 5.54. The van der Waals surface area contributed by atoms with E-state index in [2.05, 4.69) is 36.2 Å². The lowest BCUT2D eigenvalue weighted by molar-refractivity contribution is 0.119. The molecule has 18 heavy (non-hydrogen) atoms. The molecule has 1 aromatic rings. The molecule has 1 aliphatic rings. The van der Waals surface area contributed by atoms with Gasteiger partial charge in [0.05, 0.1) is 6.10 Å². The van der Waals surface area contributed by atoms with Crippen molar-refractivity contribution < 1.29 is 5.11 Å². The van der Waals surface area contributed by atoms with E-state index in [1.807, 2.05) is 6.07 Å². The quantitative estimate of drug-likeness (QED) is 0.835. The Kier molecular flexibility index (Phi) is 5.21. The molecule has 2 heteroatoms. The Morgan fingerprint density at radius 2 is 2.11 bits per heavy atom. The summed E-state index contributed by atoms with van der Waals surface area (Å²) >= 11 is 0. The van der Waals surface area contributed by atoms with Crippen LogP contribution in [0.1, 0.15) is 37.7 Å². The van der Waals surface area contributed by atoms with Crippen LogP contribution in [-0.4, -0.2) is 35.7 Å². The Morgan fingerprint density at radius 3 is 2.78 bits per heavy atom. The van der Waals surface area contributed by atoms with E-state index in [1.165, 1.54) is 24.9 Å². The van der Waals surface area contributed by atoms with Gasteiger partial charge in [-0.25, -0.2) is 0 Å². The highest BCUT2D eigenvalue weighted by molar-refractivity contribution is 5.14. The van der Waals surface area contributed by atoms with E-state index >= 15 is 0 Å². The van der Waals surface area contributed by atoms with Crippen molar-refractivity contribution in [1.29, 1.82) is 0 Å². The second kappa shape index (κ2) is 6.91. The third kappa shape index (κ3) is 4.11. The third-order valence-electron chi connectivity index (χ3n) is 4.06. The first-order valence-corrected chi connectivity index (χ1v) is 7.18. The molecule has 2 rings (SSSR count). The molecular weight excluding hydrogens is 222 g/mol. The van der Waals surface area contributed by atoms with Crippen molar-refractivity contribution >= 4 is 0 Å². The highest BCUT2D eigenvalue weighted by Crippen LogP contribution is 2.21. The predicted octanol–water partition coefficient (Wildman–Crippen LogP) is 2.85. The third-order valence-corrected chi connectivity index (χ3v) is 4.06. The van der Waals surface area contributed by atoms with Gasteiger partial charge in [-0.1, -0.05) is 30.3 Å². The topological polar surface area (TPSA) is 23.5 Å². The zero-order valence-corrected chi connectivity index (χ0v) is 11.4. The molecule has 1 saturated heterocycles. The van der Waals surface area contributed by atoms with Crippen molar-refractivity contribution in [1.82, 2.24) is 4.90 Å². The van der Waals surface area contributed by atoms with E-state index in [-0.39, 0.29) is 6.10 Å². The summed E-state index contributed by atoms with van der Waals surface area (Å²) in [6.45, 7) is 1.20. The van der Waals surface area contributed by atoms with Gasteiger partial charge in [0.1, 0.15) is 0 Å². The van der Waals surface area contributed by atoms with Crippen LogP contribution >= 0.6 is 0 Å². The molecule has 0 saturated carbocycles. The minimum atomic E-state index is -0.126. The first-order chi connectivity index (χ1) is 8.75. The standard InChI is InChI=1S/C16H25NO/c1-17-12-6-10-15(17)13-16(18)11-5-9-14-7-3-2-4-8-14/h2-4,7-8,15-16,18H,5-6,9-13H2,1H3/t15-,16+/m0/s1. The Bertz CT molecular complexity index is 338. The molecule has 1 aromatic carbocycles. The van der Waals surface area contributed by atoms with E-state index in [0.717, 1.165) is 25.7 Å². The van der Waals surface area contributed by atoms with Gasteiger partial charge in [0.2, 0.25) is 0 Å². The van der Waals surface area contributed by atoms with Gasteiger partial charge in [-0.05, 0) is 57.7 Å². The van der Waals surface area contributed by atoms with E-state index in [0.29, 0.717) is 6.04 Å². The maximum absolute atomic E-state index is 10.1. The molecule has 0 aromatic heterocycles. The van der Waals surface area contributed by atoms with Gasteiger partial charge >= 0.3 is 0 Å². The highest BCUT2D eigenvalue weighted by atomic mass is 16.3. The van der Waals surface area contributed by atoms with Crippen molar-refractivity contribution in [3.63, 3.8) is 0 Å². The zero-order valence-electron chi connectivity index (χ0n) is 11.4. The minimum absolute atomic E-state index is 0.126. The molecule has 2 nitrogen and oxygen atoms in total. The fourth-order valence-corrected chi connectivity index (χ4v) is 2.90. The van der Waals surface area contributed by atoms with Crippen LogP contribution in [0.2, 0.25) is 0 Å². The summed E-state index contributed by atoms with van der Waals surface area (Å²) in [7, 11) is 2.17. The fraction of sp³-hybridized carbons (Fsp3) is 0.625. The SMILES string of the molecule is CN1CCC[C@H]1C[C@H](O)CCCc1ccccc1. The number of likely N-dealkylation sites (tertiary alicyclic amines) is 1. The van der Waals surface area contributed by atoms with Gasteiger partial charge in [-0.2, -0.15) is 0 Å². The van der Waals surface area contributed by atoms with Crippen molar-refractivity contribution in [3.05, 3.63) is 35.9 Å². The molecule has 100 valence electrons. The lowest BCUT2D eigenvalue weighted by Gasteiger charge is -2.22. The van der Waals surface area contributed by atoms with Gasteiger partial charge < -0.3 is 10.0 Å². The van der Waals surface area contributed by atoms with Crippen LogP contribution in [0.25, 0.3) is 0 Å². The number of rotatable bonds is 6. The summed E-state index contributed by atoms with van der Waals surface area (Å²) in [6, 6.07) is 11.2. The average molecular weight is 247 g/mol. The number of aliphatic hydroxyl groups is 1. The molecule has 0 bridgehead atoms. The van der Waals surface area contributed by atoms with Gasteiger partial charge in [-0.3, -0.25) is 0 Å². The first-order valence-electron chi connectivity index (χ1n) is 7.18. The van der Waals surface area contributed by atoms with Crippen LogP contribution in [0.4, 0.5) is 0 Å². The smallest absolute Gasteiger partial charge is 0.0555 e. The van der Waals surface area contributed by atoms with Crippen LogP contribution in [0.15, 0.2) is 30.3 Å². The monoisotopic (exact) mass is 247 g/mol. The van der Waals surface area contributed by atoms with Crippen LogP contribution in [0, 0.1) is 0 Å². The molecule has 1 fully saturated rings. The van der Waals surface area contributed by atoms with E-state index in [1.54, 1.807) is 0 Å². The van der Waals surface area contributed by atoms with Crippen molar-refractivity contribution in [2.45, 2.75) is 50.7 Å². The number of benzene rings is 1. The van der Waals surface area contributed by atoms with Crippen LogP contribution in [0.3, 0.4) is 0 Å². The Morgan fingerprint density at radius 1 is 1.33 bits per heavy atom. The van der Waals surface area contributed by atoms with E-state index in [9.17, 15) is 5.11 Å². The maximum Gasteiger partial charge on any atom is 0.0555 e. The van der Waals surface area contributed by atoms with Gasteiger partial charge in [-0.15, -0.1) is 0 Å². The summed E-state index contributed by atoms with van der Waals surface area (Å²) in [5, 5.41) is 10.1. The largest absolute Gasteiger partial charge is 0.393 e. The Balaban J connectivity index is 1.64. The lowest BCUT2D eigenvalue weighted by atomic mass is 10.0. The van der Waals surface area contributed by atoms with E-state index in [4.69, 9.17) is 0 Å². The molecule has 1 N–H and O–H groups in total. The number of hydrogen-bond acceptors (Lipinski definition) is 2. The Labute approximate surface area is 111 Å².